The summed E-state index contributed by atoms with van der Waals surface area (Å²) >= 11 is 0. The Labute approximate surface area is 93.8 Å². The first-order valence-electron chi connectivity index (χ1n) is 5.50. The van der Waals surface area contributed by atoms with Gasteiger partial charge in [0.15, 0.2) is 0 Å². The molecule has 0 bridgehead atoms. The van der Waals surface area contributed by atoms with E-state index in [1.807, 2.05) is 6.92 Å². The molecule has 0 radical (unpaired) electrons. The first-order valence-corrected chi connectivity index (χ1v) is 5.50. The van der Waals surface area contributed by atoms with E-state index in [0.717, 1.165) is 19.4 Å². The van der Waals surface area contributed by atoms with E-state index < -0.39 is 0 Å². The molecule has 1 aromatic rings. The number of carbonyl (C=O) groups excluding carboxylic acids is 1. The number of H-pyrrole nitrogens is 1. The molecule has 1 aliphatic heterocycles. The lowest BCUT2D eigenvalue weighted by atomic mass is 10.0. The quantitative estimate of drug-likeness (QED) is 0.779. The highest BCUT2D eigenvalue weighted by atomic mass is 16.5. The molecule has 0 saturated carbocycles. The standard InChI is InChI=1S/C10H16N4O2/c1-7(9-11-6-12-14-9)13-10(15)8-3-2-4-16-5-8/h6-8H,2-5H2,1H3,(H,13,15)(H,11,12,14). The van der Waals surface area contributed by atoms with Crippen LogP contribution < -0.4 is 5.32 Å². The predicted octanol–water partition coefficient (Wildman–Crippen LogP) is 0.408. The molecular formula is C10H16N4O2. The largest absolute Gasteiger partial charge is 0.381 e. The number of ether oxygens (including phenoxy) is 1. The number of aromatic amines is 1. The van der Waals surface area contributed by atoms with Crippen molar-refractivity contribution in [2.24, 2.45) is 5.92 Å². The third kappa shape index (κ3) is 2.57. The van der Waals surface area contributed by atoms with Crippen LogP contribution in [0.4, 0.5) is 0 Å². The third-order valence-corrected chi connectivity index (χ3v) is 2.73. The molecule has 6 heteroatoms. The highest BCUT2D eigenvalue weighted by molar-refractivity contribution is 5.79. The molecule has 2 rings (SSSR count). The average molecular weight is 224 g/mol. The average Bonchev–Trinajstić information content (AvgIpc) is 2.83. The Hall–Kier alpha value is -1.43. The maximum absolute atomic E-state index is 11.9. The first-order chi connectivity index (χ1) is 7.77. The Bertz CT molecular complexity index is 333. The predicted molar refractivity (Wildman–Crippen MR) is 56.5 cm³/mol. The van der Waals surface area contributed by atoms with Crippen LogP contribution in [-0.4, -0.2) is 34.3 Å². The van der Waals surface area contributed by atoms with Crippen molar-refractivity contribution in [2.75, 3.05) is 13.2 Å². The van der Waals surface area contributed by atoms with Gasteiger partial charge in [-0.15, -0.1) is 0 Å². The van der Waals surface area contributed by atoms with Crippen LogP contribution in [0.2, 0.25) is 0 Å². The molecule has 1 saturated heterocycles. The zero-order valence-corrected chi connectivity index (χ0v) is 9.27. The molecule has 16 heavy (non-hydrogen) atoms. The van der Waals surface area contributed by atoms with Gasteiger partial charge in [0.1, 0.15) is 12.2 Å². The zero-order valence-electron chi connectivity index (χ0n) is 9.27. The fourth-order valence-electron chi connectivity index (χ4n) is 1.77. The Kier molecular flexibility index (Phi) is 3.51. The summed E-state index contributed by atoms with van der Waals surface area (Å²) in [6.45, 7) is 3.17. The Morgan fingerprint density at radius 3 is 3.25 bits per heavy atom. The number of hydrogen-bond donors (Lipinski definition) is 2. The van der Waals surface area contributed by atoms with Gasteiger partial charge < -0.3 is 10.1 Å². The lowest BCUT2D eigenvalue weighted by Gasteiger charge is -2.22. The Morgan fingerprint density at radius 2 is 2.62 bits per heavy atom. The summed E-state index contributed by atoms with van der Waals surface area (Å²) < 4.78 is 5.28. The van der Waals surface area contributed by atoms with Crippen LogP contribution in [-0.2, 0) is 9.53 Å². The number of nitrogens with one attached hydrogen (secondary N) is 2. The van der Waals surface area contributed by atoms with Crippen molar-refractivity contribution in [1.82, 2.24) is 20.5 Å². The number of nitrogens with zero attached hydrogens (tertiary/aromatic N) is 2. The summed E-state index contributed by atoms with van der Waals surface area (Å²) in [7, 11) is 0. The Morgan fingerprint density at radius 1 is 1.75 bits per heavy atom. The second-order valence-corrected chi connectivity index (χ2v) is 4.02. The van der Waals surface area contributed by atoms with E-state index in [1.165, 1.54) is 6.33 Å². The molecule has 0 aromatic carbocycles. The molecule has 88 valence electrons. The normalized spacial score (nSPS) is 22.7. The number of carbonyl (C=O) groups is 1. The number of hydrogen-bond acceptors (Lipinski definition) is 4. The van der Waals surface area contributed by atoms with Crippen LogP contribution >= 0.6 is 0 Å². The van der Waals surface area contributed by atoms with Gasteiger partial charge in [-0.1, -0.05) is 0 Å². The highest BCUT2D eigenvalue weighted by Gasteiger charge is 2.23. The monoisotopic (exact) mass is 224 g/mol. The second kappa shape index (κ2) is 5.07. The maximum atomic E-state index is 11.9. The number of amides is 1. The smallest absolute Gasteiger partial charge is 0.226 e. The minimum atomic E-state index is -0.142. The third-order valence-electron chi connectivity index (χ3n) is 2.73. The molecule has 1 fully saturated rings. The summed E-state index contributed by atoms with van der Waals surface area (Å²) in [6.07, 6.45) is 3.28. The van der Waals surface area contributed by atoms with Gasteiger partial charge in [-0.25, -0.2) is 4.98 Å². The molecule has 2 heterocycles. The van der Waals surface area contributed by atoms with Crippen molar-refractivity contribution in [1.29, 1.82) is 0 Å². The van der Waals surface area contributed by atoms with Crippen molar-refractivity contribution in [3.63, 3.8) is 0 Å². The van der Waals surface area contributed by atoms with Crippen LogP contribution in [0.3, 0.4) is 0 Å². The van der Waals surface area contributed by atoms with Gasteiger partial charge in [0.05, 0.1) is 18.6 Å². The van der Waals surface area contributed by atoms with E-state index in [2.05, 4.69) is 20.5 Å². The van der Waals surface area contributed by atoms with E-state index in [9.17, 15) is 4.79 Å². The highest BCUT2D eigenvalue weighted by Crippen LogP contribution is 2.15. The van der Waals surface area contributed by atoms with Gasteiger partial charge in [-0.2, -0.15) is 5.10 Å². The van der Waals surface area contributed by atoms with Gasteiger partial charge in [0.25, 0.3) is 0 Å². The van der Waals surface area contributed by atoms with E-state index >= 15 is 0 Å². The van der Waals surface area contributed by atoms with Crippen molar-refractivity contribution >= 4 is 5.91 Å². The van der Waals surface area contributed by atoms with Gasteiger partial charge >= 0.3 is 0 Å². The summed E-state index contributed by atoms with van der Waals surface area (Å²) in [5.74, 6) is 0.674. The molecule has 2 N–H and O–H groups in total. The Balaban J connectivity index is 1.86. The summed E-state index contributed by atoms with van der Waals surface area (Å²) in [4.78, 5) is 15.9. The van der Waals surface area contributed by atoms with Gasteiger partial charge in [-0.3, -0.25) is 9.89 Å². The topological polar surface area (TPSA) is 79.9 Å². The van der Waals surface area contributed by atoms with Gasteiger partial charge in [-0.05, 0) is 19.8 Å². The maximum Gasteiger partial charge on any atom is 0.226 e. The van der Waals surface area contributed by atoms with E-state index in [-0.39, 0.29) is 17.9 Å². The second-order valence-electron chi connectivity index (χ2n) is 4.02. The number of aromatic nitrogens is 3. The van der Waals surface area contributed by atoms with Crippen molar-refractivity contribution in [3.05, 3.63) is 12.2 Å². The van der Waals surface area contributed by atoms with Gasteiger partial charge in [0, 0.05) is 6.61 Å². The zero-order chi connectivity index (χ0) is 11.4. The van der Waals surface area contributed by atoms with Crippen LogP contribution in [0.1, 0.15) is 31.6 Å². The van der Waals surface area contributed by atoms with Crippen LogP contribution in [0.25, 0.3) is 0 Å². The van der Waals surface area contributed by atoms with E-state index in [1.54, 1.807) is 0 Å². The lowest BCUT2D eigenvalue weighted by molar-refractivity contribution is -0.129. The minimum Gasteiger partial charge on any atom is -0.381 e. The summed E-state index contributed by atoms with van der Waals surface area (Å²) in [5, 5.41) is 9.39. The van der Waals surface area contributed by atoms with E-state index in [0.29, 0.717) is 12.4 Å². The van der Waals surface area contributed by atoms with Crippen LogP contribution in [0.15, 0.2) is 6.33 Å². The SMILES string of the molecule is CC(NC(=O)C1CCCOC1)c1ncn[nH]1. The molecule has 2 unspecified atom stereocenters. The van der Waals surface area contributed by atoms with Crippen molar-refractivity contribution < 1.29 is 9.53 Å². The summed E-state index contributed by atoms with van der Waals surface area (Å²) in [6, 6.07) is -0.142. The summed E-state index contributed by atoms with van der Waals surface area (Å²) in [5.41, 5.74) is 0. The van der Waals surface area contributed by atoms with Crippen molar-refractivity contribution in [3.8, 4) is 0 Å². The van der Waals surface area contributed by atoms with Crippen LogP contribution in [0, 0.1) is 5.92 Å². The van der Waals surface area contributed by atoms with Gasteiger partial charge in [0.2, 0.25) is 5.91 Å². The van der Waals surface area contributed by atoms with Crippen molar-refractivity contribution in [2.45, 2.75) is 25.8 Å². The lowest BCUT2D eigenvalue weighted by Crippen LogP contribution is -2.37. The molecule has 0 spiro atoms. The molecule has 1 aliphatic rings. The van der Waals surface area contributed by atoms with Crippen LogP contribution in [0.5, 0.6) is 0 Å². The molecule has 1 amide bonds. The fraction of sp³-hybridized carbons (Fsp3) is 0.700. The fourth-order valence-corrected chi connectivity index (χ4v) is 1.77. The number of rotatable bonds is 3. The minimum absolute atomic E-state index is 0.0286. The molecule has 6 nitrogen and oxygen atoms in total. The molecule has 1 aromatic heterocycles. The van der Waals surface area contributed by atoms with E-state index in [4.69, 9.17) is 4.74 Å². The first kappa shape index (κ1) is 11.1. The molecule has 0 aliphatic carbocycles. The molecular weight excluding hydrogens is 208 g/mol. The molecule has 2 atom stereocenters.